The number of para-hydroxylation sites is 1. The van der Waals surface area contributed by atoms with Gasteiger partial charge in [0, 0.05) is 31.0 Å². The summed E-state index contributed by atoms with van der Waals surface area (Å²) in [4.78, 5) is 43.0. The van der Waals surface area contributed by atoms with Crippen molar-refractivity contribution in [2.75, 3.05) is 12.4 Å². The standard InChI is InChI=1S/C22H18N4O3/c1-26-21(29)25-20(28)22(26)11-14-9-13-7-8-17(24-18(13)10-15(14)12-22)19(27)23-16-5-3-2-4-6-16/h2-10H,11-12H2,1H3,(H,23,27)(H,25,28,29). The molecule has 1 aliphatic carbocycles. The summed E-state index contributed by atoms with van der Waals surface area (Å²) >= 11 is 0. The zero-order valence-corrected chi connectivity index (χ0v) is 15.7. The summed E-state index contributed by atoms with van der Waals surface area (Å²) in [5.74, 6) is -0.545. The summed E-state index contributed by atoms with van der Waals surface area (Å²) < 4.78 is 0. The molecule has 7 heteroatoms. The van der Waals surface area contributed by atoms with E-state index in [1.807, 2.05) is 48.5 Å². The highest BCUT2D eigenvalue weighted by atomic mass is 16.2. The van der Waals surface area contributed by atoms with Crippen molar-refractivity contribution in [3.63, 3.8) is 0 Å². The first-order valence-electron chi connectivity index (χ1n) is 9.34. The van der Waals surface area contributed by atoms with Gasteiger partial charge in [-0.3, -0.25) is 14.9 Å². The van der Waals surface area contributed by atoms with Crippen LogP contribution in [0.5, 0.6) is 0 Å². The van der Waals surface area contributed by atoms with E-state index in [1.54, 1.807) is 13.1 Å². The number of nitrogens with zero attached hydrogens (tertiary/aromatic N) is 2. The Morgan fingerprint density at radius 2 is 1.79 bits per heavy atom. The molecule has 1 unspecified atom stereocenters. The smallest absolute Gasteiger partial charge is 0.321 e. The number of benzene rings is 2. The molecule has 4 amide bonds. The van der Waals surface area contributed by atoms with Gasteiger partial charge in [0.05, 0.1) is 5.52 Å². The van der Waals surface area contributed by atoms with Gasteiger partial charge in [-0.1, -0.05) is 24.3 Å². The van der Waals surface area contributed by atoms with E-state index >= 15 is 0 Å². The van der Waals surface area contributed by atoms with Crippen molar-refractivity contribution >= 4 is 34.4 Å². The molecule has 144 valence electrons. The van der Waals surface area contributed by atoms with E-state index in [0.717, 1.165) is 16.5 Å². The number of amides is 4. The zero-order valence-electron chi connectivity index (χ0n) is 15.7. The third-order valence-corrected chi connectivity index (χ3v) is 5.83. The van der Waals surface area contributed by atoms with Crippen molar-refractivity contribution in [3.8, 4) is 0 Å². The predicted molar refractivity (Wildman–Crippen MR) is 108 cm³/mol. The number of hydrogen-bond acceptors (Lipinski definition) is 4. The minimum atomic E-state index is -0.871. The Bertz CT molecular complexity index is 1190. The highest BCUT2D eigenvalue weighted by Crippen LogP contribution is 2.38. The number of rotatable bonds is 2. The van der Waals surface area contributed by atoms with Crippen molar-refractivity contribution < 1.29 is 14.4 Å². The second-order valence-electron chi connectivity index (χ2n) is 7.53. The molecule has 2 aromatic carbocycles. The fraction of sp³-hybridized carbons (Fsp3) is 0.182. The lowest BCUT2D eigenvalue weighted by atomic mass is 9.95. The van der Waals surface area contributed by atoms with E-state index in [0.29, 0.717) is 29.7 Å². The normalized spacial score (nSPS) is 20.2. The zero-order chi connectivity index (χ0) is 20.2. The molecule has 1 saturated heterocycles. The summed E-state index contributed by atoms with van der Waals surface area (Å²) in [6.07, 6.45) is 0.914. The molecule has 29 heavy (non-hydrogen) atoms. The van der Waals surface area contributed by atoms with Crippen LogP contribution in [0.3, 0.4) is 0 Å². The van der Waals surface area contributed by atoms with E-state index in [-0.39, 0.29) is 17.8 Å². The van der Waals surface area contributed by atoms with Crippen molar-refractivity contribution in [3.05, 3.63) is 71.4 Å². The number of hydrogen-bond donors (Lipinski definition) is 2. The first kappa shape index (κ1) is 17.4. The molecule has 0 radical (unpaired) electrons. The first-order valence-corrected chi connectivity index (χ1v) is 9.34. The maximum atomic E-state index is 12.5. The lowest BCUT2D eigenvalue weighted by Gasteiger charge is -2.27. The maximum Gasteiger partial charge on any atom is 0.324 e. The SMILES string of the molecule is CN1C(=O)NC(=O)C12Cc1cc3ccc(C(=O)Nc4ccccc4)nc3cc1C2. The molecule has 3 aromatic rings. The predicted octanol–water partition coefficient (Wildman–Crippen LogP) is 2.51. The van der Waals surface area contributed by atoms with Crippen LogP contribution in [0.25, 0.3) is 10.9 Å². The summed E-state index contributed by atoms with van der Waals surface area (Å²) in [5, 5.41) is 6.13. The van der Waals surface area contributed by atoms with Gasteiger partial charge in [-0.15, -0.1) is 0 Å². The van der Waals surface area contributed by atoms with Crippen LogP contribution in [0.4, 0.5) is 10.5 Å². The fourth-order valence-electron chi connectivity index (χ4n) is 4.17. The molecular formula is C22H18N4O3. The van der Waals surface area contributed by atoms with E-state index in [4.69, 9.17) is 0 Å². The number of urea groups is 1. The van der Waals surface area contributed by atoms with Gasteiger partial charge in [0.25, 0.3) is 11.8 Å². The molecule has 1 aliphatic heterocycles. The number of pyridine rings is 1. The Labute approximate surface area is 166 Å². The average molecular weight is 386 g/mol. The van der Waals surface area contributed by atoms with Crippen LogP contribution in [0.1, 0.15) is 21.6 Å². The van der Waals surface area contributed by atoms with Crippen LogP contribution < -0.4 is 10.6 Å². The molecule has 2 aliphatic rings. The molecule has 1 spiro atoms. The molecular weight excluding hydrogens is 368 g/mol. The number of anilines is 1. The topological polar surface area (TPSA) is 91.4 Å². The highest BCUT2D eigenvalue weighted by Gasteiger charge is 2.54. The van der Waals surface area contributed by atoms with Gasteiger partial charge in [0.1, 0.15) is 11.2 Å². The quantitative estimate of drug-likeness (QED) is 0.662. The summed E-state index contributed by atoms with van der Waals surface area (Å²) in [7, 11) is 1.65. The minimum Gasteiger partial charge on any atom is -0.321 e. The number of nitrogens with one attached hydrogen (secondary N) is 2. The molecule has 2 N–H and O–H groups in total. The molecule has 5 rings (SSSR count). The van der Waals surface area contributed by atoms with Crippen LogP contribution in [0, 0.1) is 0 Å². The summed E-state index contributed by atoms with van der Waals surface area (Å²) in [6, 6.07) is 16.3. The molecule has 7 nitrogen and oxygen atoms in total. The molecule has 2 heterocycles. The Hall–Kier alpha value is -3.74. The van der Waals surface area contributed by atoms with E-state index in [2.05, 4.69) is 15.6 Å². The van der Waals surface area contributed by atoms with Gasteiger partial charge >= 0.3 is 6.03 Å². The van der Waals surface area contributed by atoms with Crippen molar-refractivity contribution in [2.24, 2.45) is 0 Å². The highest BCUT2D eigenvalue weighted by molar-refractivity contribution is 6.08. The maximum absolute atomic E-state index is 12.5. The summed E-state index contributed by atoms with van der Waals surface area (Å²) in [5.41, 5.74) is 2.84. The molecule has 0 saturated carbocycles. The van der Waals surface area contributed by atoms with Gasteiger partial charge in [-0.05, 0) is 41.5 Å². The molecule has 1 aromatic heterocycles. The molecule has 1 atom stereocenters. The van der Waals surface area contributed by atoms with Gasteiger partial charge in [0.2, 0.25) is 0 Å². The van der Waals surface area contributed by atoms with Crippen LogP contribution in [0.15, 0.2) is 54.6 Å². The minimum absolute atomic E-state index is 0.263. The summed E-state index contributed by atoms with van der Waals surface area (Å²) in [6.45, 7) is 0. The van der Waals surface area contributed by atoms with E-state index in [1.165, 1.54) is 4.90 Å². The number of carbonyl (C=O) groups is 3. The van der Waals surface area contributed by atoms with Crippen LogP contribution in [0.2, 0.25) is 0 Å². The van der Waals surface area contributed by atoms with Crippen molar-refractivity contribution in [2.45, 2.75) is 18.4 Å². The van der Waals surface area contributed by atoms with Gasteiger partial charge in [-0.25, -0.2) is 9.78 Å². The van der Waals surface area contributed by atoms with Crippen molar-refractivity contribution in [1.29, 1.82) is 0 Å². The Morgan fingerprint density at radius 3 is 2.48 bits per heavy atom. The fourth-order valence-corrected chi connectivity index (χ4v) is 4.17. The number of likely N-dealkylation sites (N-methyl/N-ethyl adjacent to an activating group) is 1. The van der Waals surface area contributed by atoms with Crippen LogP contribution in [-0.4, -0.2) is 40.3 Å². The van der Waals surface area contributed by atoms with Crippen LogP contribution >= 0.6 is 0 Å². The van der Waals surface area contributed by atoms with E-state index in [9.17, 15) is 14.4 Å². The number of aromatic nitrogens is 1. The Balaban J connectivity index is 1.47. The average Bonchev–Trinajstić information content (AvgIpc) is 3.19. The Morgan fingerprint density at radius 1 is 1.07 bits per heavy atom. The largest absolute Gasteiger partial charge is 0.324 e. The number of fused-ring (bicyclic) bond motifs is 2. The Kier molecular flexibility index (Phi) is 3.67. The number of imide groups is 1. The second kappa shape index (κ2) is 6.13. The van der Waals surface area contributed by atoms with Gasteiger partial charge < -0.3 is 10.2 Å². The first-order chi connectivity index (χ1) is 14.0. The number of carbonyl (C=O) groups excluding carboxylic acids is 3. The molecule has 0 bridgehead atoms. The third kappa shape index (κ3) is 2.66. The molecule has 1 fully saturated rings. The van der Waals surface area contributed by atoms with Gasteiger partial charge in [-0.2, -0.15) is 0 Å². The second-order valence-corrected chi connectivity index (χ2v) is 7.53. The third-order valence-electron chi connectivity index (χ3n) is 5.83. The van der Waals surface area contributed by atoms with Crippen molar-refractivity contribution in [1.82, 2.24) is 15.2 Å². The van der Waals surface area contributed by atoms with E-state index < -0.39 is 5.54 Å². The lowest BCUT2D eigenvalue weighted by molar-refractivity contribution is -0.125. The van der Waals surface area contributed by atoms with Gasteiger partial charge in [0.15, 0.2) is 0 Å². The lowest BCUT2D eigenvalue weighted by Crippen LogP contribution is -2.48. The van der Waals surface area contributed by atoms with Crippen LogP contribution in [-0.2, 0) is 17.6 Å². The monoisotopic (exact) mass is 386 g/mol.